The molecule has 0 saturated carbocycles. The van der Waals surface area contributed by atoms with Gasteiger partial charge in [0.25, 0.3) is 0 Å². The maximum atomic E-state index is 13.1. The standard InChI is InChI=1S/C24H44N4O3.C3H8/c1-9-14-26(7)23(30)19(6)13-16-27(8)24(31)21(17(2)3)25-22(29)20-12-10-11-15-28(20)18(4)5;1-3-2/h13,17-18,20-21H,9-12,14-16H2,1-8H3,(H,25,29);3H2,1-2H3/b19-13+;. The lowest BCUT2D eigenvalue weighted by atomic mass is 9.97. The van der Waals surface area contributed by atoms with E-state index >= 15 is 0 Å². The van der Waals surface area contributed by atoms with Crippen molar-refractivity contribution in [3.05, 3.63) is 11.6 Å². The number of nitrogens with zero attached hydrogens (tertiary/aromatic N) is 3. The summed E-state index contributed by atoms with van der Waals surface area (Å²) < 4.78 is 0. The highest BCUT2D eigenvalue weighted by atomic mass is 16.2. The number of hydrogen-bond acceptors (Lipinski definition) is 4. The molecule has 2 atom stereocenters. The van der Waals surface area contributed by atoms with Crippen LogP contribution in [0.15, 0.2) is 11.6 Å². The third-order valence-electron chi connectivity index (χ3n) is 6.03. The SMILES string of the molecule is CCC.CCCN(C)C(=O)/C(C)=C/CN(C)C(=O)C(NC(=O)C1CCCCN1C(C)C)C(C)C. The van der Waals surface area contributed by atoms with Gasteiger partial charge in [0, 0.05) is 38.8 Å². The van der Waals surface area contributed by atoms with Gasteiger partial charge in [-0.15, -0.1) is 0 Å². The summed E-state index contributed by atoms with van der Waals surface area (Å²) in [6.45, 7) is 18.1. The van der Waals surface area contributed by atoms with Crippen LogP contribution in [0.4, 0.5) is 0 Å². The molecule has 1 heterocycles. The van der Waals surface area contributed by atoms with E-state index < -0.39 is 6.04 Å². The Balaban J connectivity index is 0.00000343. The molecule has 1 fully saturated rings. The molecule has 2 unspecified atom stereocenters. The Morgan fingerprint density at radius 2 is 1.62 bits per heavy atom. The van der Waals surface area contributed by atoms with Crippen LogP contribution in [0.2, 0.25) is 0 Å². The second kappa shape index (κ2) is 16.7. The number of carbonyl (C=O) groups excluding carboxylic acids is 3. The Morgan fingerprint density at radius 1 is 1.03 bits per heavy atom. The summed E-state index contributed by atoms with van der Waals surface area (Å²) in [6.07, 6.45) is 6.90. The molecule has 0 aromatic heterocycles. The van der Waals surface area contributed by atoms with Crippen molar-refractivity contribution >= 4 is 17.7 Å². The first-order valence-electron chi connectivity index (χ1n) is 13.2. The Labute approximate surface area is 209 Å². The summed E-state index contributed by atoms with van der Waals surface area (Å²) in [5.74, 6) is -0.245. The fourth-order valence-electron chi connectivity index (χ4n) is 4.04. The molecule has 0 spiro atoms. The summed E-state index contributed by atoms with van der Waals surface area (Å²) in [4.78, 5) is 44.0. The quantitative estimate of drug-likeness (QED) is 0.478. The second-order valence-electron chi connectivity index (χ2n) is 10.1. The first-order chi connectivity index (χ1) is 15.9. The van der Waals surface area contributed by atoms with Gasteiger partial charge in [0.15, 0.2) is 0 Å². The molecule has 34 heavy (non-hydrogen) atoms. The minimum Gasteiger partial charge on any atom is -0.343 e. The first-order valence-corrected chi connectivity index (χ1v) is 13.2. The van der Waals surface area contributed by atoms with E-state index in [0.717, 1.165) is 32.2 Å². The van der Waals surface area contributed by atoms with Crippen LogP contribution >= 0.6 is 0 Å². The van der Waals surface area contributed by atoms with Crippen molar-refractivity contribution in [2.24, 2.45) is 5.92 Å². The summed E-state index contributed by atoms with van der Waals surface area (Å²) >= 11 is 0. The highest BCUT2D eigenvalue weighted by Gasteiger charge is 2.34. The van der Waals surface area contributed by atoms with Crippen LogP contribution in [-0.2, 0) is 14.4 Å². The van der Waals surface area contributed by atoms with Crippen LogP contribution in [0, 0.1) is 5.92 Å². The molecule has 1 aliphatic heterocycles. The van der Waals surface area contributed by atoms with Crippen LogP contribution in [0.25, 0.3) is 0 Å². The molecular formula is C27H52N4O3. The molecule has 7 heteroatoms. The average molecular weight is 481 g/mol. The van der Waals surface area contributed by atoms with Crippen LogP contribution < -0.4 is 5.32 Å². The van der Waals surface area contributed by atoms with Gasteiger partial charge in [-0.25, -0.2) is 0 Å². The van der Waals surface area contributed by atoms with Crippen molar-refractivity contribution in [1.82, 2.24) is 20.0 Å². The van der Waals surface area contributed by atoms with E-state index in [0.29, 0.717) is 24.7 Å². The zero-order chi connectivity index (χ0) is 26.4. The summed E-state index contributed by atoms with van der Waals surface area (Å²) in [7, 11) is 3.50. The van der Waals surface area contributed by atoms with Crippen LogP contribution in [-0.4, -0.2) is 84.3 Å². The minimum atomic E-state index is -0.583. The fourth-order valence-corrected chi connectivity index (χ4v) is 4.04. The van der Waals surface area contributed by atoms with E-state index in [9.17, 15) is 14.4 Å². The number of hydrogen-bond donors (Lipinski definition) is 1. The van der Waals surface area contributed by atoms with E-state index in [1.807, 2.05) is 20.8 Å². The largest absolute Gasteiger partial charge is 0.343 e. The minimum absolute atomic E-state index is 0.0255. The number of amides is 3. The highest BCUT2D eigenvalue weighted by molar-refractivity contribution is 5.93. The van der Waals surface area contributed by atoms with Crippen LogP contribution in [0.3, 0.4) is 0 Å². The Hall–Kier alpha value is -1.89. The Bertz CT molecular complexity index is 660. The van der Waals surface area contributed by atoms with Crippen molar-refractivity contribution in [2.75, 3.05) is 33.7 Å². The number of rotatable bonds is 10. The van der Waals surface area contributed by atoms with Gasteiger partial charge in [0.1, 0.15) is 6.04 Å². The van der Waals surface area contributed by atoms with Crippen molar-refractivity contribution in [2.45, 2.75) is 106 Å². The molecule has 0 radical (unpaired) electrons. The van der Waals surface area contributed by atoms with Crippen molar-refractivity contribution in [3.63, 3.8) is 0 Å². The van der Waals surface area contributed by atoms with Crippen LogP contribution in [0.1, 0.15) is 87.5 Å². The predicted octanol–water partition coefficient (Wildman–Crippen LogP) is 4.08. The normalized spacial score (nSPS) is 17.6. The number of piperidine rings is 1. The lowest BCUT2D eigenvalue weighted by molar-refractivity contribution is -0.138. The van der Waals surface area contributed by atoms with Gasteiger partial charge in [-0.1, -0.05) is 53.5 Å². The average Bonchev–Trinajstić information content (AvgIpc) is 2.79. The molecule has 0 aromatic carbocycles. The maximum Gasteiger partial charge on any atom is 0.248 e. The third-order valence-corrected chi connectivity index (χ3v) is 6.03. The number of likely N-dealkylation sites (N-methyl/N-ethyl adjacent to an activating group) is 2. The number of likely N-dealkylation sites (tertiary alicyclic amines) is 1. The van der Waals surface area contributed by atoms with E-state index in [-0.39, 0.29) is 29.7 Å². The molecule has 1 N–H and O–H groups in total. The molecule has 7 nitrogen and oxygen atoms in total. The van der Waals surface area contributed by atoms with Crippen molar-refractivity contribution in [3.8, 4) is 0 Å². The zero-order valence-electron chi connectivity index (χ0n) is 23.6. The van der Waals surface area contributed by atoms with E-state index in [1.54, 1.807) is 36.9 Å². The Morgan fingerprint density at radius 3 is 2.12 bits per heavy atom. The zero-order valence-corrected chi connectivity index (χ0v) is 23.6. The van der Waals surface area contributed by atoms with Crippen molar-refractivity contribution in [1.29, 1.82) is 0 Å². The topological polar surface area (TPSA) is 73.0 Å². The lowest BCUT2D eigenvalue weighted by Gasteiger charge is -2.38. The van der Waals surface area contributed by atoms with E-state index in [2.05, 4.69) is 37.9 Å². The molecule has 1 saturated heterocycles. The maximum absolute atomic E-state index is 13.1. The van der Waals surface area contributed by atoms with Gasteiger partial charge in [-0.3, -0.25) is 19.3 Å². The van der Waals surface area contributed by atoms with E-state index in [4.69, 9.17) is 0 Å². The molecule has 0 bridgehead atoms. The number of nitrogens with one attached hydrogen (secondary N) is 1. The molecule has 198 valence electrons. The molecule has 0 aromatic rings. The number of carbonyl (C=O) groups is 3. The van der Waals surface area contributed by atoms with Crippen LogP contribution in [0.5, 0.6) is 0 Å². The van der Waals surface area contributed by atoms with Gasteiger partial charge in [0.05, 0.1) is 6.04 Å². The summed E-state index contributed by atoms with van der Waals surface area (Å²) in [5, 5.41) is 3.03. The van der Waals surface area contributed by atoms with Gasteiger partial charge >= 0.3 is 0 Å². The summed E-state index contributed by atoms with van der Waals surface area (Å²) in [6, 6.07) is -0.467. The van der Waals surface area contributed by atoms with E-state index in [1.165, 1.54) is 6.42 Å². The molecule has 1 aliphatic rings. The monoisotopic (exact) mass is 480 g/mol. The predicted molar refractivity (Wildman–Crippen MR) is 142 cm³/mol. The molecular weight excluding hydrogens is 428 g/mol. The smallest absolute Gasteiger partial charge is 0.248 e. The third kappa shape index (κ3) is 10.6. The Kier molecular flexibility index (Phi) is 15.8. The molecule has 1 rings (SSSR count). The van der Waals surface area contributed by atoms with Gasteiger partial charge in [-0.05, 0) is 52.5 Å². The van der Waals surface area contributed by atoms with Crippen molar-refractivity contribution < 1.29 is 14.4 Å². The lowest BCUT2D eigenvalue weighted by Crippen LogP contribution is -2.57. The second-order valence-corrected chi connectivity index (χ2v) is 10.1. The highest BCUT2D eigenvalue weighted by Crippen LogP contribution is 2.20. The molecule has 3 amide bonds. The van der Waals surface area contributed by atoms with Gasteiger partial charge in [-0.2, -0.15) is 0 Å². The molecule has 0 aliphatic carbocycles. The first kappa shape index (κ1) is 32.1. The van der Waals surface area contributed by atoms with Gasteiger partial charge < -0.3 is 15.1 Å². The van der Waals surface area contributed by atoms with Gasteiger partial charge in [0.2, 0.25) is 17.7 Å². The summed E-state index contributed by atoms with van der Waals surface area (Å²) in [5.41, 5.74) is 0.621. The fraction of sp³-hybridized carbons (Fsp3) is 0.815.